The monoisotopic (exact) mass is 287 g/mol. The van der Waals surface area contributed by atoms with Crippen LogP contribution >= 0.6 is 27.7 Å². The van der Waals surface area contributed by atoms with Crippen LogP contribution in [0.4, 0.5) is 0 Å². The number of phenolic OH excluding ortho intramolecular Hbond substituents is 1. The van der Waals surface area contributed by atoms with Crippen LogP contribution in [-0.4, -0.2) is 22.7 Å². The second-order valence-electron chi connectivity index (χ2n) is 3.73. The molecule has 2 nitrogen and oxygen atoms in total. The van der Waals surface area contributed by atoms with Crippen molar-refractivity contribution < 1.29 is 5.11 Å². The Morgan fingerprint density at radius 1 is 1.53 bits per heavy atom. The molecular weight excluding hydrogens is 274 g/mol. The first-order valence-corrected chi connectivity index (χ1v) is 6.99. The SMILES string of the molecule is Oc1ccc(CNC2CCSC2)cc1Br. The van der Waals surface area contributed by atoms with E-state index in [1.165, 1.54) is 23.5 Å². The quantitative estimate of drug-likeness (QED) is 0.897. The van der Waals surface area contributed by atoms with Gasteiger partial charge in [0.1, 0.15) is 5.75 Å². The molecule has 0 radical (unpaired) electrons. The van der Waals surface area contributed by atoms with Crippen molar-refractivity contribution >= 4 is 27.7 Å². The van der Waals surface area contributed by atoms with E-state index < -0.39 is 0 Å². The molecule has 1 saturated heterocycles. The number of benzene rings is 1. The van der Waals surface area contributed by atoms with E-state index >= 15 is 0 Å². The lowest BCUT2D eigenvalue weighted by Gasteiger charge is -2.11. The normalized spacial score (nSPS) is 20.7. The first-order chi connectivity index (χ1) is 7.25. The fraction of sp³-hybridized carbons (Fsp3) is 0.455. The summed E-state index contributed by atoms with van der Waals surface area (Å²) >= 11 is 5.33. The molecule has 1 aliphatic heterocycles. The highest BCUT2D eigenvalue weighted by Crippen LogP contribution is 2.24. The predicted octanol–water partition coefficient (Wildman–Crippen LogP) is 2.75. The molecule has 4 heteroatoms. The minimum Gasteiger partial charge on any atom is -0.507 e. The van der Waals surface area contributed by atoms with E-state index in [0.29, 0.717) is 11.8 Å². The van der Waals surface area contributed by atoms with Crippen molar-refractivity contribution in [1.82, 2.24) is 5.32 Å². The molecule has 2 N–H and O–H groups in total. The zero-order chi connectivity index (χ0) is 10.7. The minimum absolute atomic E-state index is 0.301. The van der Waals surface area contributed by atoms with E-state index in [1.54, 1.807) is 6.07 Å². The highest BCUT2D eigenvalue weighted by Gasteiger charge is 2.14. The molecular formula is C11H14BrNOS. The summed E-state index contributed by atoms with van der Waals surface area (Å²) in [6, 6.07) is 6.30. The van der Waals surface area contributed by atoms with E-state index in [4.69, 9.17) is 0 Å². The van der Waals surface area contributed by atoms with Crippen LogP contribution in [0.25, 0.3) is 0 Å². The van der Waals surface area contributed by atoms with E-state index in [1.807, 2.05) is 23.9 Å². The molecule has 1 aromatic rings. The average Bonchev–Trinajstić information content (AvgIpc) is 2.73. The summed E-state index contributed by atoms with van der Waals surface area (Å²) in [6.45, 7) is 0.879. The number of phenols is 1. The molecule has 1 aromatic carbocycles. The Morgan fingerprint density at radius 2 is 2.40 bits per heavy atom. The smallest absolute Gasteiger partial charge is 0.129 e. The van der Waals surface area contributed by atoms with E-state index in [-0.39, 0.29) is 0 Å². The highest BCUT2D eigenvalue weighted by atomic mass is 79.9. The van der Waals surface area contributed by atoms with Gasteiger partial charge in [0, 0.05) is 18.3 Å². The van der Waals surface area contributed by atoms with Crippen LogP contribution in [0.3, 0.4) is 0 Å². The Hall–Kier alpha value is -0.190. The summed E-state index contributed by atoms with van der Waals surface area (Å²) in [4.78, 5) is 0. The molecule has 1 aliphatic rings. The maximum Gasteiger partial charge on any atom is 0.129 e. The Balaban J connectivity index is 1.90. The van der Waals surface area contributed by atoms with Gasteiger partial charge < -0.3 is 10.4 Å². The number of nitrogens with one attached hydrogen (secondary N) is 1. The number of hydrogen-bond acceptors (Lipinski definition) is 3. The van der Waals surface area contributed by atoms with Crippen LogP contribution in [0.5, 0.6) is 5.75 Å². The fourth-order valence-corrected chi connectivity index (χ4v) is 3.23. The van der Waals surface area contributed by atoms with Gasteiger partial charge in [-0.05, 0) is 45.8 Å². The van der Waals surface area contributed by atoms with Crippen molar-refractivity contribution in [2.24, 2.45) is 0 Å². The summed E-state index contributed by atoms with van der Waals surface area (Å²) in [5.74, 6) is 2.80. The van der Waals surface area contributed by atoms with Crippen molar-refractivity contribution in [3.8, 4) is 5.75 Å². The Bertz CT molecular complexity index is 339. The molecule has 1 heterocycles. The van der Waals surface area contributed by atoms with Crippen LogP contribution in [0, 0.1) is 0 Å². The topological polar surface area (TPSA) is 32.3 Å². The third-order valence-electron chi connectivity index (χ3n) is 2.54. The summed E-state index contributed by atoms with van der Waals surface area (Å²) in [5.41, 5.74) is 1.21. The molecule has 0 aliphatic carbocycles. The molecule has 0 amide bonds. The zero-order valence-corrected chi connectivity index (χ0v) is 10.8. The molecule has 0 saturated carbocycles. The Morgan fingerprint density at radius 3 is 3.07 bits per heavy atom. The van der Waals surface area contributed by atoms with Crippen molar-refractivity contribution in [3.63, 3.8) is 0 Å². The average molecular weight is 288 g/mol. The highest BCUT2D eigenvalue weighted by molar-refractivity contribution is 9.10. The molecule has 82 valence electrons. The molecule has 1 atom stereocenters. The van der Waals surface area contributed by atoms with Crippen LogP contribution in [-0.2, 0) is 6.54 Å². The number of thioether (sulfide) groups is 1. The van der Waals surface area contributed by atoms with Gasteiger partial charge in [-0.3, -0.25) is 0 Å². The van der Waals surface area contributed by atoms with E-state index in [2.05, 4.69) is 21.2 Å². The van der Waals surface area contributed by atoms with Gasteiger partial charge in [0.05, 0.1) is 4.47 Å². The van der Waals surface area contributed by atoms with Gasteiger partial charge in [0.2, 0.25) is 0 Å². The van der Waals surface area contributed by atoms with Gasteiger partial charge in [-0.2, -0.15) is 11.8 Å². The van der Waals surface area contributed by atoms with Crippen molar-refractivity contribution in [3.05, 3.63) is 28.2 Å². The summed E-state index contributed by atoms with van der Waals surface area (Å²) in [5, 5.41) is 12.9. The third-order valence-corrected chi connectivity index (χ3v) is 4.33. The van der Waals surface area contributed by atoms with E-state index in [0.717, 1.165) is 11.0 Å². The van der Waals surface area contributed by atoms with Crippen molar-refractivity contribution in [2.75, 3.05) is 11.5 Å². The van der Waals surface area contributed by atoms with Gasteiger partial charge >= 0.3 is 0 Å². The second kappa shape index (κ2) is 5.23. The van der Waals surface area contributed by atoms with E-state index in [9.17, 15) is 5.11 Å². The molecule has 0 spiro atoms. The van der Waals surface area contributed by atoms with Crippen LogP contribution in [0.2, 0.25) is 0 Å². The Labute approximate surface area is 103 Å². The third kappa shape index (κ3) is 3.13. The van der Waals surface area contributed by atoms with Gasteiger partial charge in [-0.1, -0.05) is 6.07 Å². The predicted molar refractivity (Wildman–Crippen MR) is 68.4 cm³/mol. The van der Waals surface area contributed by atoms with Gasteiger partial charge in [0.15, 0.2) is 0 Å². The van der Waals surface area contributed by atoms with Crippen molar-refractivity contribution in [1.29, 1.82) is 0 Å². The van der Waals surface area contributed by atoms with Gasteiger partial charge in [-0.15, -0.1) is 0 Å². The first-order valence-electron chi connectivity index (χ1n) is 5.04. The number of halogens is 1. The molecule has 0 aromatic heterocycles. The second-order valence-corrected chi connectivity index (χ2v) is 5.73. The summed E-state index contributed by atoms with van der Waals surface area (Å²) in [7, 11) is 0. The fourth-order valence-electron chi connectivity index (χ4n) is 1.62. The summed E-state index contributed by atoms with van der Waals surface area (Å²) in [6.07, 6.45) is 1.27. The van der Waals surface area contributed by atoms with Crippen LogP contribution in [0.15, 0.2) is 22.7 Å². The standard InChI is InChI=1S/C11H14BrNOS/c12-10-5-8(1-2-11(10)14)6-13-9-3-4-15-7-9/h1-2,5,9,13-14H,3-4,6-7H2. The Kier molecular flexibility index (Phi) is 3.94. The van der Waals surface area contributed by atoms with Gasteiger partial charge in [-0.25, -0.2) is 0 Å². The molecule has 0 bridgehead atoms. The maximum atomic E-state index is 9.35. The minimum atomic E-state index is 0.301. The van der Waals surface area contributed by atoms with Crippen molar-refractivity contribution in [2.45, 2.75) is 19.0 Å². The molecule has 2 rings (SSSR count). The molecule has 15 heavy (non-hydrogen) atoms. The largest absolute Gasteiger partial charge is 0.507 e. The number of rotatable bonds is 3. The zero-order valence-electron chi connectivity index (χ0n) is 8.37. The first kappa shape index (κ1) is 11.3. The van der Waals surface area contributed by atoms with Gasteiger partial charge in [0.25, 0.3) is 0 Å². The molecule has 1 unspecified atom stereocenters. The lowest BCUT2D eigenvalue weighted by molar-refractivity contribution is 0.471. The lowest BCUT2D eigenvalue weighted by Crippen LogP contribution is -2.27. The summed E-state index contributed by atoms with van der Waals surface area (Å²) < 4.78 is 0.766. The number of aromatic hydroxyl groups is 1. The number of hydrogen-bond donors (Lipinski definition) is 2. The molecule has 1 fully saturated rings. The maximum absolute atomic E-state index is 9.35. The van der Waals surface area contributed by atoms with Crippen LogP contribution in [0.1, 0.15) is 12.0 Å². The lowest BCUT2D eigenvalue weighted by atomic mass is 10.2. The van der Waals surface area contributed by atoms with Crippen LogP contribution < -0.4 is 5.32 Å².